The summed E-state index contributed by atoms with van der Waals surface area (Å²) in [4.78, 5) is 12.3. The summed E-state index contributed by atoms with van der Waals surface area (Å²) < 4.78 is 6.33. The van der Waals surface area contributed by atoms with Gasteiger partial charge in [0.05, 0.1) is 6.61 Å². The molecule has 2 rings (SSSR count). The van der Waals surface area contributed by atoms with Crippen LogP contribution in [-0.4, -0.2) is 28.5 Å². The van der Waals surface area contributed by atoms with Crippen molar-refractivity contribution < 1.29 is 9.53 Å². The van der Waals surface area contributed by atoms with E-state index in [1.807, 2.05) is 37.3 Å². The monoisotopic (exact) mass is 402 g/mol. The predicted octanol–water partition coefficient (Wildman–Crippen LogP) is 4.76. The van der Waals surface area contributed by atoms with Crippen LogP contribution in [0.25, 0.3) is 6.08 Å². The van der Waals surface area contributed by atoms with Gasteiger partial charge in [0.15, 0.2) is 4.34 Å². The van der Waals surface area contributed by atoms with Gasteiger partial charge in [0.2, 0.25) is 5.13 Å². The van der Waals surface area contributed by atoms with Crippen molar-refractivity contribution in [3.05, 3.63) is 35.4 Å². The van der Waals surface area contributed by atoms with Crippen molar-refractivity contribution in [1.82, 2.24) is 10.2 Å². The Kier molecular flexibility index (Phi) is 8.81. The van der Waals surface area contributed by atoms with Gasteiger partial charge in [-0.1, -0.05) is 55.5 Å². The van der Waals surface area contributed by atoms with Gasteiger partial charge in [0.1, 0.15) is 17.4 Å². The number of unbranched alkanes of at least 4 members (excludes halogenated alkanes) is 1. The maximum absolute atomic E-state index is 12.3. The van der Waals surface area contributed by atoms with Crippen molar-refractivity contribution in [2.75, 3.05) is 17.7 Å². The molecule has 1 aromatic carbocycles. The van der Waals surface area contributed by atoms with Gasteiger partial charge < -0.3 is 4.74 Å². The second kappa shape index (κ2) is 11.4. The van der Waals surface area contributed by atoms with Crippen LogP contribution in [0, 0.1) is 11.3 Å². The molecule has 0 radical (unpaired) electrons. The summed E-state index contributed by atoms with van der Waals surface area (Å²) in [5.74, 6) is 1.24. The summed E-state index contributed by atoms with van der Waals surface area (Å²) in [6, 6.07) is 9.19. The molecular weight excluding hydrogens is 380 g/mol. The number of aromatic nitrogens is 2. The summed E-state index contributed by atoms with van der Waals surface area (Å²) in [5, 5.41) is 20.4. The van der Waals surface area contributed by atoms with Gasteiger partial charge in [-0.05, 0) is 36.6 Å². The molecule has 1 amide bonds. The van der Waals surface area contributed by atoms with Crippen molar-refractivity contribution in [2.24, 2.45) is 0 Å². The van der Waals surface area contributed by atoms with E-state index in [-0.39, 0.29) is 5.57 Å². The van der Waals surface area contributed by atoms with Crippen LogP contribution in [0.5, 0.6) is 5.75 Å². The summed E-state index contributed by atoms with van der Waals surface area (Å²) >= 11 is 2.93. The average molecular weight is 403 g/mol. The summed E-state index contributed by atoms with van der Waals surface area (Å²) in [5.41, 5.74) is 0.756. The molecule has 1 aromatic heterocycles. The second-order valence-corrected chi connectivity index (χ2v) is 7.94. The van der Waals surface area contributed by atoms with Gasteiger partial charge in [-0.25, -0.2) is 0 Å². The van der Waals surface area contributed by atoms with E-state index in [2.05, 4.69) is 22.4 Å². The minimum Gasteiger partial charge on any atom is -0.494 e. The Morgan fingerprint density at radius 3 is 2.74 bits per heavy atom. The van der Waals surface area contributed by atoms with Gasteiger partial charge >= 0.3 is 0 Å². The fraction of sp³-hybridized carbons (Fsp3) is 0.368. The second-order valence-electron chi connectivity index (χ2n) is 5.62. The van der Waals surface area contributed by atoms with Crippen molar-refractivity contribution in [1.29, 1.82) is 5.26 Å². The average Bonchev–Trinajstić information content (AvgIpc) is 3.12. The number of nitrogens with zero attached hydrogens (tertiary/aromatic N) is 3. The molecule has 0 saturated carbocycles. The highest BCUT2D eigenvalue weighted by atomic mass is 32.2. The van der Waals surface area contributed by atoms with Crippen molar-refractivity contribution in [3.8, 4) is 11.8 Å². The van der Waals surface area contributed by atoms with Crippen LogP contribution < -0.4 is 10.1 Å². The third-order valence-electron chi connectivity index (χ3n) is 3.38. The van der Waals surface area contributed by atoms with Crippen LogP contribution in [0.4, 0.5) is 5.13 Å². The van der Waals surface area contributed by atoms with Gasteiger partial charge in [-0.15, -0.1) is 10.2 Å². The Labute approximate surface area is 167 Å². The van der Waals surface area contributed by atoms with Crippen molar-refractivity contribution in [3.63, 3.8) is 0 Å². The first-order chi connectivity index (χ1) is 13.2. The maximum Gasteiger partial charge on any atom is 0.268 e. The molecule has 0 fully saturated rings. The van der Waals surface area contributed by atoms with E-state index in [1.165, 1.54) is 17.4 Å². The molecule has 0 unspecified atom stereocenters. The Bertz CT molecular complexity index is 810. The van der Waals surface area contributed by atoms with E-state index in [4.69, 9.17) is 4.74 Å². The highest BCUT2D eigenvalue weighted by Crippen LogP contribution is 2.26. The number of nitriles is 1. The zero-order valence-electron chi connectivity index (χ0n) is 15.4. The Morgan fingerprint density at radius 1 is 1.30 bits per heavy atom. The van der Waals surface area contributed by atoms with Gasteiger partial charge in [0.25, 0.3) is 5.91 Å². The van der Waals surface area contributed by atoms with Crippen LogP contribution in [0.2, 0.25) is 0 Å². The minimum atomic E-state index is -0.495. The fourth-order valence-electron chi connectivity index (χ4n) is 1.98. The maximum atomic E-state index is 12.3. The standard InChI is InChI=1S/C19H22N4O2S2/c1-3-5-11-26-19-23-22-18(27-19)21-17(24)15(13-20)12-14-6-8-16(9-7-14)25-10-4-2/h6-9,12H,3-5,10-11H2,1-2H3,(H,21,22,24)/b15-12+. The quantitative estimate of drug-likeness (QED) is 0.203. The number of hydrogen-bond acceptors (Lipinski definition) is 7. The van der Waals surface area contributed by atoms with E-state index in [9.17, 15) is 10.1 Å². The zero-order valence-corrected chi connectivity index (χ0v) is 17.0. The smallest absolute Gasteiger partial charge is 0.268 e. The SMILES string of the molecule is CCCCSc1nnc(NC(=O)/C(C#N)=C/c2ccc(OCCC)cc2)s1. The fourth-order valence-corrected chi connectivity index (χ4v) is 3.88. The zero-order chi connectivity index (χ0) is 19.5. The Hall–Kier alpha value is -2.37. The third-order valence-corrected chi connectivity index (χ3v) is 5.44. The predicted molar refractivity (Wildman–Crippen MR) is 110 cm³/mol. The first-order valence-electron chi connectivity index (χ1n) is 8.78. The molecule has 0 aliphatic heterocycles. The lowest BCUT2D eigenvalue weighted by Crippen LogP contribution is -2.13. The molecule has 0 atom stereocenters. The first kappa shape index (κ1) is 20.9. The molecule has 6 nitrogen and oxygen atoms in total. The number of hydrogen-bond donors (Lipinski definition) is 1. The van der Waals surface area contributed by atoms with Crippen LogP contribution in [0.3, 0.4) is 0 Å². The number of carbonyl (C=O) groups is 1. The van der Waals surface area contributed by atoms with E-state index in [0.29, 0.717) is 11.7 Å². The number of carbonyl (C=O) groups excluding carboxylic acids is 1. The van der Waals surface area contributed by atoms with Crippen molar-refractivity contribution >= 4 is 40.2 Å². The largest absolute Gasteiger partial charge is 0.494 e. The van der Waals surface area contributed by atoms with Gasteiger partial charge in [-0.2, -0.15) is 5.26 Å². The molecule has 0 saturated heterocycles. The van der Waals surface area contributed by atoms with Gasteiger partial charge in [0, 0.05) is 5.75 Å². The van der Waals surface area contributed by atoms with E-state index >= 15 is 0 Å². The molecule has 0 spiro atoms. The van der Waals surface area contributed by atoms with E-state index in [1.54, 1.807) is 11.8 Å². The van der Waals surface area contributed by atoms with E-state index in [0.717, 1.165) is 40.7 Å². The normalized spacial score (nSPS) is 11.1. The topological polar surface area (TPSA) is 87.9 Å². The summed E-state index contributed by atoms with van der Waals surface area (Å²) in [6.07, 6.45) is 4.70. The van der Waals surface area contributed by atoms with Crippen LogP contribution in [0.1, 0.15) is 38.7 Å². The molecule has 0 aliphatic carbocycles. The molecule has 27 heavy (non-hydrogen) atoms. The molecule has 0 bridgehead atoms. The number of nitrogens with one attached hydrogen (secondary N) is 1. The summed E-state index contributed by atoms with van der Waals surface area (Å²) in [7, 11) is 0. The number of thioether (sulfide) groups is 1. The van der Waals surface area contributed by atoms with Crippen LogP contribution >= 0.6 is 23.1 Å². The molecule has 1 heterocycles. The number of ether oxygens (including phenoxy) is 1. The molecule has 1 N–H and O–H groups in total. The first-order valence-corrected chi connectivity index (χ1v) is 10.6. The van der Waals surface area contributed by atoms with E-state index < -0.39 is 5.91 Å². The summed E-state index contributed by atoms with van der Waals surface area (Å²) in [6.45, 7) is 4.83. The molecule has 2 aromatic rings. The lowest BCUT2D eigenvalue weighted by atomic mass is 10.1. The molecule has 0 aliphatic rings. The van der Waals surface area contributed by atoms with Gasteiger partial charge in [-0.3, -0.25) is 10.1 Å². The Balaban J connectivity index is 1.98. The number of amides is 1. The molecular formula is C19H22N4O2S2. The Morgan fingerprint density at radius 2 is 2.07 bits per heavy atom. The van der Waals surface area contributed by atoms with Crippen molar-refractivity contribution in [2.45, 2.75) is 37.4 Å². The lowest BCUT2D eigenvalue weighted by Gasteiger charge is -2.04. The molecule has 8 heteroatoms. The van der Waals surface area contributed by atoms with Crippen LogP contribution in [-0.2, 0) is 4.79 Å². The number of benzene rings is 1. The molecule has 142 valence electrons. The highest BCUT2D eigenvalue weighted by molar-refractivity contribution is 8.01. The minimum absolute atomic E-state index is 0.00705. The van der Waals surface area contributed by atoms with Crippen LogP contribution in [0.15, 0.2) is 34.2 Å². The highest BCUT2D eigenvalue weighted by Gasteiger charge is 2.13. The third kappa shape index (κ3) is 7.04. The number of anilines is 1. The number of rotatable bonds is 10. The lowest BCUT2D eigenvalue weighted by molar-refractivity contribution is -0.112.